The third kappa shape index (κ3) is 5.66. The Bertz CT molecular complexity index is 1800. The first-order chi connectivity index (χ1) is 20.7. The van der Waals surface area contributed by atoms with Crippen LogP contribution < -0.4 is 4.57 Å². The van der Waals surface area contributed by atoms with Gasteiger partial charge in [0.25, 0.3) is 0 Å². The number of rotatable bonds is 4. The Morgan fingerprint density at radius 3 is 2.17 bits per heavy atom. The summed E-state index contributed by atoms with van der Waals surface area (Å²) in [5, 5.41) is 0. The van der Waals surface area contributed by atoms with E-state index in [1.807, 2.05) is 0 Å². The molecule has 0 N–H and O–H groups in total. The predicted molar refractivity (Wildman–Crippen MR) is 125 cm³/mol. The number of pyridine rings is 1. The van der Waals surface area contributed by atoms with E-state index in [0.717, 1.165) is 0 Å². The number of aromatic nitrogens is 3. The second-order valence-corrected chi connectivity index (χ2v) is 8.01. The molecule has 2 heterocycles. The summed E-state index contributed by atoms with van der Waals surface area (Å²) in [5.41, 5.74) is -3.40. The van der Waals surface area contributed by atoms with Gasteiger partial charge >= 0.3 is 12.4 Å². The number of hydrogen-bond acceptors (Lipinski definition) is 2. The minimum Gasteiger partial charge on any atom is -0.253 e. The van der Waals surface area contributed by atoms with Crippen LogP contribution in [-0.4, -0.2) is 22.3 Å². The van der Waals surface area contributed by atoms with Crippen LogP contribution in [0.1, 0.15) is 41.7 Å². The minimum absolute atomic E-state index is 0.0720. The molecule has 0 aliphatic rings. The maximum atomic E-state index is 13.6. The van der Waals surface area contributed by atoms with Crippen molar-refractivity contribution in [1.82, 2.24) is 9.97 Å². The highest BCUT2D eigenvalue weighted by Crippen LogP contribution is 2.33. The second kappa shape index (κ2) is 9.19. The molecule has 0 radical (unpaired) electrons. The fourth-order valence-electron chi connectivity index (χ4n) is 3.83. The molecule has 0 unspecified atom stereocenters. The molecule has 4 aromatic rings. The Labute approximate surface area is 218 Å². The van der Waals surface area contributed by atoms with E-state index >= 15 is 0 Å². The molecule has 0 bridgehead atoms. The molecule has 2 aromatic heterocycles. The molecule has 0 aliphatic heterocycles. The maximum Gasteiger partial charge on any atom is 0.394 e. The summed E-state index contributed by atoms with van der Waals surface area (Å²) in [6.07, 6.45) is -16.6. The molecule has 2 aromatic carbocycles. The van der Waals surface area contributed by atoms with Crippen LogP contribution in [0, 0.1) is 20.6 Å². The fraction of sp³-hybridized carbons (Fsp3) is 0.296. The van der Waals surface area contributed by atoms with Crippen molar-refractivity contribution < 1.29 is 44.6 Å². The lowest BCUT2D eigenvalue weighted by Gasteiger charge is -2.15. The number of nitrogens with zero attached hydrogens (tertiary/aromatic N) is 3. The lowest BCUT2D eigenvalue weighted by Crippen LogP contribution is -2.30. The molecule has 0 fully saturated rings. The van der Waals surface area contributed by atoms with E-state index in [4.69, 9.17) is 13.7 Å². The molecule has 0 saturated carbocycles. The van der Waals surface area contributed by atoms with Gasteiger partial charge in [0.1, 0.15) is 7.05 Å². The second-order valence-electron chi connectivity index (χ2n) is 8.01. The Morgan fingerprint density at radius 2 is 1.56 bits per heavy atom. The van der Waals surface area contributed by atoms with Crippen molar-refractivity contribution in [2.24, 2.45) is 7.05 Å². The van der Waals surface area contributed by atoms with Gasteiger partial charge in [-0.2, -0.15) is 26.3 Å². The quantitative estimate of drug-likeness (QED) is 0.219. The highest BCUT2D eigenvalue weighted by molar-refractivity contribution is 5.83. The van der Waals surface area contributed by atoms with E-state index in [0.29, 0.717) is 29.5 Å². The molecule has 4 rings (SSSR count). The smallest absolute Gasteiger partial charge is 0.253 e. The highest BCUT2D eigenvalue weighted by Gasteiger charge is 2.29. The van der Waals surface area contributed by atoms with Crippen molar-refractivity contribution in [3.8, 4) is 22.4 Å². The van der Waals surface area contributed by atoms with Gasteiger partial charge in [-0.05, 0) is 66.1 Å². The van der Waals surface area contributed by atoms with Crippen molar-refractivity contribution in [3.05, 3.63) is 76.7 Å². The first kappa shape index (κ1) is 15.6. The zero-order valence-corrected chi connectivity index (χ0v) is 18.7. The summed E-state index contributed by atoms with van der Waals surface area (Å²) >= 11 is 0. The standard InChI is InChI=1S/C27H24F6N3/c1-15-9-22-23(35-20(14-34-22)13-27(31,32)33)11-21(15)24-10-19(5-6-36(24)4)25-16(2)7-18(8-17(25)3)12-26(28,29)30/h5-11,14H,12-13H2,1-4H3/q+1/i2D3,3D3,12D2,13D2. The zero-order chi connectivity index (χ0) is 35.0. The number of alkyl halides is 6. The van der Waals surface area contributed by atoms with Gasteiger partial charge in [0.15, 0.2) is 6.20 Å². The van der Waals surface area contributed by atoms with Gasteiger partial charge in [-0.3, -0.25) is 4.98 Å². The molecular weight excluding hydrogens is 480 g/mol. The molecule has 0 spiro atoms. The first-order valence-electron chi connectivity index (χ1n) is 15.3. The molecule has 9 heteroatoms. The first-order valence-corrected chi connectivity index (χ1v) is 10.3. The third-order valence-electron chi connectivity index (χ3n) is 5.30. The van der Waals surface area contributed by atoms with Gasteiger partial charge in [0.2, 0.25) is 5.69 Å². The largest absolute Gasteiger partial charge is 0.394 e. The normalized spacial score (nSPS) is 18.0. The van der Waals surface area contributed by atoms with E-state index < -0.39 is 66.7 Å². The number of hydrogen-bond donors (Lipinski definition) is 0. The molecule has 3 nitrogen and oxygen atoms in total. The van der Waals surface area contributed by atoms with Crippen molar-refractivity contribution in [1.29, 1.82) is 0 Å². The van der Waals surface area contributed by atoms with E-state index in [1.165, 1.54) is 35.0 Å². The third-order valence-corrected chi connectivity index (χ3v) is 5.30. The van der Waals surface area contributed by atoms with Crippen LogP contribution >= 0.6 is 0 Å². The number of aryl methyl sites for hydroxylation is 4. The van der Waals surface area contributed by atoms with Crippen LogP contribution in [0.25, 0.3) is 33.4 Å². The Hall–Kier alpha value is -3.49. The van der Waals surface area contributed by atoms with Gasteiger partial charge in [-0.1, -0.05) is 12.1 Å². The van der Waals surface area contributed by atoms with E-state index in [2.05, 4.69) is 9.97 Å². The van der Waals surface area contributed by atoms with Gasteiger partial charge in [0, 0.05) is 32.0 Å². The molecule has 188 valence electrons. The Balaban J connectivity index is 2.03. The van der Waals surface area contributed by atoms with Crippen LogP contribution in [0.5, 0.6) is 0 Å². The minimum atomic E-state index is -5.50. The monoisotopic (exact) mass is 514 g/mol. The number of fused-ring (bicyclic) bond motifs is 1. The highest BCUT2D eigenvalue weighted by atomic mass is 19.4. The van der Waals surface area contributed by atoms with Gasteiger partial charge in [-0.15, -0.1) is 0 Å². The van der Waals surface area contributed by atoms with E-state index in [9.17, 15) is 26.3 Å². The maximum absolute atomic E-state index is 13.6. The van der Waals surface area contributed by atoms with Crippen LogP contribution in [0.15, 0.2) is 48.8 Å². The average Bonchev–Trinajstić information content (AvgIpc) is 2.90. The molecular formula is C27H24F6N3+. The summed E-state index contributed by atoms with van der Waals surface area (Å²) in [7, 11) is 1.55. The number of benzene rings is 2. The Kier molecular flexibility index (Phi) is 3.98. The molecule has 36 heavy (non-hydrogen) atoms. The van der Waals surface area contributed by atoms with E-state index in [-0.39, 0.29) is 22.3 Å². The summed E-state index contributed by atoms with van der Waals surface area (Å²) in [5.74, 6) is 0. The zero-order valence-electron chi connectivity index (χ0n) is 28.7. The molecule has 0 aliphatic carbocycles. The predicted octanol–water partition coefficient (Wildman–Crippen LogP) is 6.92. The molecule has 0 saturated heterocycles. The van der Waals surface area contributed by atoms with Crippen LogP contribution in [0.2, 0.25) is 0 Å². The van der Waals surface area contributed by atoms with Gasteiger partial charge in [0.05, 0.1) is 35.0 Å². The van der Waals surface area contributed by atoms with Crippen molar-refractivity contribution >= 4 is 11.0 Å². The van der Waals surface area contributed by atoms with Gasteiger partial charge in [-0.25, -0.2) is 9.55 Å². The van der Waals surface area contributed by atoms with E-state index in [1.54, 1.807) is 14.0 Å². The topological polar surface area (TPSA) is 29.7 Å². The van der Waals surface area contributed by atoms with Crippen LogP contribution in [0.3, 0.4) is 0 Å². The summed E-state index contributed by atoms with van der Waals surface area (Å²) in [6, 6.07) is 6.39. The summed E-state index contributed by atoms with van der Waals surface area (Å²) < 4.78 is 161. The average molecular weight is 515 g/mol. The number of halogens is 6. The lowest BCUT2D eigenvalue weighted by atomic mass is 9.92. The van der Waals surface area contributed by atoms with Crippen molar-refractivity contribution in [2.45, 2.75) is 45.7 Å². The fourth-order valence-corrected chi connectivity index (χ4v) is 3.83. The SMILES string of the molecule is [2H]C([2H])([2H])c1cc(C([2H])([2H])C(F)(F)F)cc(C([2H])([2H])[2H])c1-c1cc[n+](C)c(-c2cc3nc(C([2H])([2H])C(F)(F)F)cnc3cc2C)c1. The Morgan fingerprint density at radius 1 is 0.889 bits per heavy atom. The van der Waals surface area contributed by atoms with Gasteiger partial charge < -0.3 is 0 Å². The molecule has 0 amide bonds. The van der Waals surface area contributed by atoms with Crippen molar-refractivity contribution in [3.63, 3.8) is 0 Å². The van der Waals surface area contributed by atoms with Crippen LogP contribution in [-0.2, 0) is 19.8 Å². The van der Waals surface area contributed by atoms with Crippen molar-refractivity contribution in [2.75, 3.05) is 0 Å². The van der Waals surface area contributed by atoms with Crippen LogP contribution in [0.4, 0.5) is 26.3 Å². The lowest BCUT2D eigenvalue weighted by molar-refractivity contribution is -0.660. The summed E-state index contributed by atoms with van der Waals surface area (Å²) in [6.45, 7) is -4.79. The summed E-state index contributed by atoms with van der Waals surface area (Å²) in [4.78, 5) is 7.77. The molecule has 0 atom stereocenters.